The van der Waals surface area contributed by atoms with E-state index in [1.807, 2.05) is 24.3 Å². The van der Waals surface area contributed by atoms with Gasteiger partial charge in [-0.1, -0.05) is 24.3 Å². The number of benzene rings is 2. The molecule has 0 aliphatic carbocycles. The number of ether oxygens (including phenoxy) is 1. The van der Waals surface area contributed by atoms with Gasteiger partial charge in [-0.3, -0.25) is 4.79 Å². The van der Waals surface area contributed by atoms with Gasteiger partial charge in [-0.25, -0.2) is 4.39 Å². The van der Waals surface area contributed by atoms with E-state index in [0.29, 0.717) is 12.1 Å². The van der Waals surface area contributed by atoms with E-state index < -0.39 is 6.10 Å². The summed E-state index contributed by atoms with van der Waals surface area (Å²) in [7, 11) is 0. The molecule has 1 aliphatic heterocycles. The number of para-hydroxylation sites is 1. The smallest absolute Gasteiger partial charge is 0.265 e. The number of carbonyl (C=O) groups excluding carboxylic acids is 1. The predicted molar refractivity (Wildman–Crippen MR) is 69.6 cm³/mol. The van der Waals surface area contributed by atoms with E-state index in [-0.39, 0.29) is 11.7 Å². The van der Waals surface area contributed by atoms with Crippen LogP contribution in [0.5, 0.6) is 5.75 Å². The Kier molecular flexibility index (Phi) is 2.91. The number of hydrogen-bond acceptors (Lipinski definition) is 2. The highest BCUT2D eigenvalue weighted by atomic mass is 19.1. The lowest BCUT2D eigenvalue weighted by atomic mass is 10.1. The standard InChI is InChI=1S/C15H12FNO2/c16-11-5-3-6-12(9-11)17-15(18)14-8-10-4-1-2-7-13(10)19-14/h1-7,9,14H,8H2,(H,17,18). The normalized spacial score (nSPS) is 16.6. The predicted octanol–water partition coefficient (Wildman–Crippen LogP) is 2.77. The Labute approximate surface area is 110 Å². The van der Waals surface area contributed by atoms with Crippen molar-refractivity contribution in [3.05, 3.63) is 59.9 Å². The molecule has 0 radical (unpaired) electrons. The van der Waals surface area contributed by atoms with Crippen LogP contribution >= 0.6 is 0 Å². The van der Waals surface area contributed by atoms with E-state index in [1.165, 1.54) is 12.1 Å². The van der Waals surface area contributed by atoms with Gasteiger partial charge in [-0.2, -0.15) is 0 Å². The van der Waals surface area contributed by atoms with Gasteiger partial charge in [0, 0.05) is 12.1 Å². The maximum Gasteiger partial charge on any atom is 0.265 e. The number of halogens is 1. The van der Waals surface area contributed by atoms with Gasteiger partial charge < -0.3 is 10.1 Å². The molecular formula is C15H12FNO2. The molecule has 1 atom stereocenters. The van der Waals surface area contributed by atoms with Crippen LogP contribution < -0.4 is 10.1 Å². The molecule has 0 saturated heterocycles. The number of hydrogen-bond donors (Lipinski definition) is 1. The molecule has 1 heterocycles. The van der Waals surface area contributed by atoms with Crippen molar-refractivity contribution in [1.82, 2.24) is 0 Å². The zero-order valence-corrected chi connectivity index (χ0v) is 10.1. The van der Waals surface area contributed by atoms with Crippen molar-refractivity contribution >= 4 is 11.6 Å². The molecule has 1 unspecified atom stereocenters. The summed E-state index contributed by atoms with van der Waals surface area (Å²) in [6.45, 7) is 0. The zero-order chi connectivity index (χ0) is 13.2. The first-order valence-electron chi connectivity index (χ1n) is 6.03. The summed E-state index contributed by atoms with van der Waals surface area (Å²) in [5.41, 5.74) is 1.45. The molecule has 4 heteroatoms. The Morgan fingerprint density at radius 1 is 1.21 bits per heavy atom. The monoisotopic (exact) mass is 257 g/mol. The summed E-state index contributed by atoms with van der Waals surface area (Å²) in [4.78, 5) is 12.0. The van der Waals surface area contributed by atoms with Crippen LogP contribution in [0, 0.1) is 5.82 Å². The summed E-state index contributed by atoms with van der Waals surface area (Å²) in [5.74, 6) is 0.0946. The maximum absolute atomic E-state index is 13.0. The van der Waals surface area contributed by atoms with Crippen LogP contribution in [-0.4, -0.2) is 12.0 Å². The number of amides is 1. The number of carbonyl (C=O) groups is 1. The van der Waals surface area contributed by atoms with E-state index in [1.54, 1.807) is 12.1 Å². The first-order chi connectivity index (χ1) is 9.22. The largest absolute Gasteiger partial charge is 0.480 e. The second-order valence-corrected chi connectivity index (χ2v) is 4.42. The molecule has 2 aromatic rings. The maximum atomic E-state index is 13.0. The fourth-order valence-corrected chi connectivity index (χ4v) is 2.12. The molecule has 2 aromatic carbocycles. The topological polar surface area (TPSA) is 38.3 Å². The summed E-state index contributed by atoms with van der Waals surface area (Å²) in [6, 6.07) is 13.4. The van der Waals surface area contributed by atoms with E-state index >= 15 is 0 Å². The summed E-state index contributed by atoms with van der Waals surface area (Å²) >= 11 is 0. The lowest BCUT2D eigenvalue weighted by Crippen LogP contribution is -2.31. The molecular weight excluding hydrogens is 245 g/mol. The Morgan fingerprint density at radius 3 is 2.84 bits per heavy atom. The molecule has 1 aliphatic rings. The van der Waals surface area contributed by atoms with Gasteiger partial charge in [-0.15, -0.1) is 0 Å². The van der Waals surface area contributed by atoms with Crippen molar-refractivity contribution in [3.63, 3.8) is 0 Å². The van der Waals surface area contributed by atoms with Crippen molar-refractivity contribution in [1.29, 1.82) is 0 Å². The third-order valence-corrected chi connectivity index (χ3v) is 3.03. The van der Waals surface area contributed by atoms with E-state index in [4.69, 9.17) is 4.74 Å². The highest BCUT2D eigenvalue weighted by Gasteiger charge is 2.28. The van der Waals surface area contributed by atoms with Crippen molar-refractivity contribution in [3.8, 4) is 5.75 Å². The Hall–Kier alpha value is -2.36. The fraction of sp³-hybridized carbons (Fsp3) is 0.133. The molecule has 19 heavy (non-hydrogen) atoms. The quantitative estimate of drug-likeness (QED) is 0.898. The Bertz CT molecular complexity index is 602. The number of fused-ring (bicyclic) bond motifs is 1. The SMILES string of the molecule is O=C(Nc1cccc(F)c1)C1Cc2ccccc2O1. The van der Waals surface area contributed by atoms with E-state index in [2.05, 4.69) is 5.32 Å². The molecule has 0 bridgehead atoms. The summed E-state index contributed by atoms with van der Waals surface area (Å²) < 4.78 is 18.6. The Morgan fingerprint density at radius 2 is 2.05 bits per heavy atom. The highest BCUT2D eigenvalue weighted by Crippen LogP contribution is 2.28. The van der Waals surface area contributed by atoms with Gasteiger partial charge in [0.15, 0.2) is 6.10 Å². The lowest BCUT2D eigenvalue weighted by Gasteiger charge is -2.11. The van der Waals surface area contributed by atoms with Gasteiger partial charge in [0.2, 0.25) is 0 Å². The third-order valence-electron chi connectivity index (χ3n) is 3.03. The molecule has 0 fully saturated rings. The van der Waals surface area contributed by atoms with Crippen LogP contribution in [0.3, 0.4) is 0 Å². The first-order valence-corrected chi connectivity index (χ1v) is 6.03. The van der Waals surface area contributed by atoms with E-state index in [9.17, 15) is 9.18 Å². The van der Waals surface area contributed by atoms with Gasteiger partial charge in [0.25, 0.3) is 5.91 Å². The van der Waals surface area contributed by atoms with Crippen molar-refractivity contribution in [2.75, 3.05) is 5.32 Å². The highest BCUT2D eigenvalue weighted by molar-refractivity contribution is 5.95. The summed E-state index contributed by atoms with van der Waals surface area (Å²) in [6.07, 6.45) is -0.0159. The lowest BCUT2D eigenvalue weighted by molar-refractivity contribution is -0.122. The van der Waals surface area contributed by atoms with Crippen LogP contribution in [0.1, 0.15) is 5.56 Å². The molecule has 3 nitrogen and oxygen atoms in total. The minimum absolute atomic E-state index is 0.262. The number of nitrogens with one attached hydrogen (secondary N) is 1. The van der Waals surface area contributed by atoms with Gasteiger partial charge in [-0.05, 0) is 29.8 Å². The van der Waals surface area contributed by atoms with Gasteiger partial charge >= 0.3 is 0 Å². The first kappa shape index (κ1) is 11.7. The third kappa shape index (κ3) is 2.42. The van der Waals surface area contributed by atoms with Gasteiger partial charge in [0.05, 0.1) is 0 Å². The van der Waals surface area contributed by atoms with Gasteiger partial charge in [0.1, 0.15) is 11.6 Å². The van der Waals surface area contributed by atoms with Crippen molar-refractivity contribution in [2.45, 2.75) is 12.5 Å². The fourth-order valence-electron chi connectivity index (χ4n) is 2.12. The number of anilines is 1. The molecule has 0 spiro atoms. The molecule has 3 rings (SSSR count). The van der Waals surface area contributed by atoms with E-state index in [0.717, 1.165) is 11.3 Å². The zero-order valence-electron chi connectivity index (χ0n) is 10.1. The Balaban J connectivity index is 1.70. The molecule has 96 valence electrons. The minimum Gasteiger partial charge on any atom is -0.480 e. The molecule has 1 amide bonds. The van der Waals surface area contributed by atoms with Crippen molar-refractivity contribution < 1.29 is 13.9 Å². The average molecular weight is 257 g/mol. The second-order valence-electron chi connectivity index (χ2n) is 4.42. The molecule has 0 saturated carbocycles. The minimum atomic E-state index is -0.555. The van der Waals surface area contributed by atoms with Crippen LogP contribution in [0.15, 0.2) is 48.5 Å². The molecule has 0 aromatic heterocycles. The van der Waals surface area contributed by atoms with Crippen LogP contribution in [0.25, 0.3) is 0 Å². The van der Waals surface area contributed by atoms with Crippen molar-refractivity contribution in [2.24, 2.45) is 0 Å². The molecule has 1 N–H and O–H groups in total. The van der Waals surface area contributed by atoms with Crippen LogP contribution in [0.4, 0.5) is 10.1 Å². The second kappa shape index (κ2) is 4.72. The average Bonchev–Trinajstić information content (AvgIpc) is 2.82. The summed E-state index contributed by atoms with van der Waals surface area (Å²) in [5, 5.41) is 2.66. The number of rotatable bonds is 2. The van der Waals surface area contributed by atoms with Crippen LogP contribution in [0.2, 0.25) is 0 Å². The van der Waals surface area contributed by atoms with Crippen LogP contribution in [-0.2, 0) is 11.2 Å².